The Morgan fingerprint density at radius 2 is 1.33 bits per heavy atom. The quantitative estimate of drug-likeness (QED) is 0.497. The van der Waals surface area contributed by atoms with Gasteiger partial charge in [0, 0.05) is 37.3 Å². The van der Waals surface area contributed by atoms with Crippen molar-refractivity contribution in [1.82, 2.24) is 9.80 Å². The molecule has 1 unspecified atom stereocenters. The van der Waals surface area contributed by atoms with E-state index in [1.165, 1.54) is 5.56 Å². The summed E-state index contributed by atoms with van der Waals surface area (Å²) >= 11 is 0. The molecule has 1 aliphatic carbocycles. The molecule has 3 aromatic rings. The molecule has 1 atom stereocenters. The fourth-order valence-electron chi connectivity index (χ4n) is 5.83. The highest BCUT2D eigenvalue weighted by Gasteiger charge is 2.58. The van der Waals surface area contributed by atoms with Gasteiger partial charge in [0.25, 0.3) is 0 Å². The van der Waals surface area contributed by atoms with Crippen molar-refractivity contribution in [3.63, 3.8) is 0 Å². The Morgan fingerprint density at radius 3 is 1.92 bits per heavy atom. The van der Waals surface area contributed by atoms with Crippen LogP contribution in [0, 0.1) is 0 Å². The van der Waals surface area contributed by atoms with E-state index in [1.807, 2.05) is 60.7 Å². The van der Waals surface area contributed by atoms with Crippen molar-refractivity contribution in [2.75, 3.05) is 33.0 Å². The van der Waals surface area contributed by atoms with Crippen LogP contribution in [0.25, 0.3) is 0 Å². The molecule has 3 aliphatic rings. The van der Waals surface area contributed by atoms with Gasteiger partial charge in [0.15, 0.2) is 22.9 Å². The number of piperazine rings is 1. The van der Waals surface area contributed by atoms with E-state index < -0.39 is 5.54 Å². The highest BCUT2D eigenvalue weighted by Crippen LogP contribution is 2.43. The first-order valence-electron chi connectivity index (χ1n) is 12.4. The summed E-state index contributed by atoms with van der Waals surface area (Å²) in [6.07, 6.45) is 2.51. The SMILES string of the molecule is O=C1c2ccccc2C(=O)C1(c1ccccc1)N1CCN(C(Cc2ccccc2)C2=COCO2)CC1. The number of ketones is 2. The summed E-state index contributed by atoms with van der Waals surface area (Å²) in [5, 5.41) is 0. The Kier molecular flexibility index (Phi) is 5.91. The summed E-state index contributed by atoms with van der Waals surface area (Å²) < 4.78 is 11.2. The van der Waals surface area contributed by atoms with Crippen LogP contribution in [0.15, 0.2) is 97.0 Å². The van der Waals surface area contributed by atoms with Crippen LogP contribution in [0.5, 0.6) is 0 Å². The Hall–Kier alpha value is -3.74. The van der Waals surface area contributed by atoms with E-state index in [2.05, 4.69) is 21.9 Å². The molecule has 6 heteroatoms. The number of Topliss-reactive ketones (excluding diaryl/α,β-unsaturated/α-hetero) is 2. The fraction of sp³-hybridized carbons (Fsp3) is 0.267. The number of carbonyl (C=O) groups excluding carboxylic acids is 2. The van der Waals surface area contributed by atoms with Gasteiger partial charge in [-0.25, -0.2) is 0 Å². The van der Waals surface area contributed by atoms with E-state index in [-0.39, 0.29) is 24.4 Å². The number of fused-ring (bicyclic) bond motifs is 1. The van der Waals surface area contributed by atoms with Crippen molar-refractivity contribution < 1.29 is 19.1 Å². The second kappa shape index (κ2) is 9.37. The zero-order valence-corrected chi connectivity index (χ0v) is 20.0. The highest BCUT2D eigenvalue weighted by molar-refractivity contribution is 6.32. The van der Waals surface area contributed by atoms with Crippen LogP contribution in [0.2, 0.25) is 0 Å². The molecule has 2 aliphatic heterocycles. The van der Waals surface area contributed by atoms with Crippen molar-refractivity contribution in [2.24, 2.45) is 0 Å². The van der Waals surface area contributed by atoms with Crippen molar-refractivity contribution in [3.05, 3.63) is 119 Å². The Labute approximate surface area is 210 Å². The zero-order valence-electron chi connectivity index (χ0n) is 20.0. The Bertz CT molecular complexity index is 1260. The number of rotatable bonds is 6. The predicted molar refractivity (Wildman–Crippen MR) is 135 cm³/mol. The molecule has 0 N–H and O–H groups in total. The average Bonchev–Trinajstić information content (AvgIpc) is 3.55. The third kappa shape index (κ3) is 3.65. The number of benzene rings is 3. The van der Waals surface area contributed by atoms with Crippen molar-refractivity contribution in [2.45, 2.75) is 18.0 Å². The van der Waals surface area contributed by atoms with Gasteiger partial charge in [0.05, 0.1) is 6.04 Å². The lowest BCUT2D eigenvalue weighted by Crippen LogP contribution is -2.61. The maximum atomic E-state index is 14.0. The molecule has 0 saturated carbocycles. The van der Waals surface area contributed by atoms with Crippen LogP contribution in [-0.2, 0) is 21.4 Å². The van der Waals surface area contributed by atoms with Crippen LogP contribution in [0.4, 0.5) is 0 Å². The minimum Gasteiger partial charge on any atom is -0.462 e. The Balaban J connectivity index is 1.30. The minimum atomic E-state index is -1.32. The first-order chi connectivity index (χ1) is 17.7. The van der Waals surface area contributed by atoms with Gasteiger partial charge in [-0.2, -0.15) is 0 Å². The monoisotopic (exact) mass is 480 g/mol. The average molecular weight is 481 g/mol. The largest absolute Gasteiger partial charge is 0.462 e. The van der Waals surface area contributed by atoms with Gasteiger partial charge in [0.1, 0.15) is 6.26 Å². The molecule has 1 saturated heterocycles. The summed E-state index contributed by atoms with van der Waals surface area (Å²) in [5.74, 6) is 0.572. The third-order valence-corrected chi connectivity index (χ3v) is 7.59. The molecule has 6 nitrogen and oxygen atoms in total. The summed E-state index contributed by atoms with van der Waals surface area (Å²) in [6, 6.07) is 27.1. The maximum absolute atomic E-state index is 14.0. The van der Waals surface area contributed by atoms with Crippen molar-refractivity contribution in [1.29, 1.82) is 0 Å². The summed E-state index contributed by atoms with van der Waals surface area (Å²) in [5.41, 5.74) is 1.66. The van der Waals surface area contributed by atoms with Crippen LogP contribution in [-0.4, -0.2) is 60.4 Å². The lowest BCUT2D eigenvalue weighted by Gasteiger charge is -2.45. The standard InChI is InChI=1S/C30H28N2O4/c33-28-24-13-7-8-14-25(24)29(34)30(28,23-11-5-2-6-12-23)32-17-15-31(16-18-32)26(27-20-35-21-36-27)19-22-9-3-1-4-10-22/h1-14,20,26H,15-19,21H2. The fourth-order valence-corrected chi connectivity index (χ4v) is 5.83. The van der Waals surface area contributed by atoms with Gasteiger partial charge >= 0.3 is 0 Å². The number of ether oxygens (including phenoxy) is 2. The number of carbonyl (C=O) groups is 2. The van der Waals surface area contributed by atoms with Crippen LogP contribution >= 0.6 is 0 Å². The molecule has 0 radical (unpaired) electrons. The van der Waals surface area contributed by atoms with E-state index in [1.54, 1.807) is 18.4 Å². The van der Waals surface area contributed by atoms with Crippen LogP contribution in [0.3, 0.4) is 0 Å². The lowest BCUT2D eigenvalue weighted by atomic mass is 9.82. The van der Waals surface area contributed by atoms with Crippen molar-refractivity contribution >= 4 is 11.6 Å². The van der Waals surface area contributed by atoms with E-state index >= 15 is 0 Å². The predicted octanol–water partition coefficient (Wildman–Crippen LogP) is 4.04. The lowest BCUT2D eigenvalue weighted by molar-refractivity contribution is 0.0137. The van der Waals surface area contributed by atoms with Gasteiger partial charge in [-0.1, -0.05) is 84.9 Å². The summed E-state index contributed by atoms with van der Waals surface area (Å²) in [7, 11) is 0. The number of nitrogens with zero attached hydrogens (tertiary/aromatic N) is 2. The minimum absolute atomic E-state index is 0.0249. The second-order valence-corrected chi connectivity index (χ2v) is 9.46. The zero-order chi connectivity index (χ0) is 24.5. The number of hydrogen-bond acceptors (Lipinski definition) is 6. The van der Waals surface area contributed by atoms with Gasteiger partial charge in [-0.15, -0.1) is 0 Å². The molecule has 0 amide bonds. The Morgan fingerprint density at radius 1 is 0.750 bits per heavy atom. The summed E-state index contributed by atoms with van der Waals surface area (Å²) in [6.45, 7) is 2.80. The van der Waals surface area contributed by atoms with Gasteiger partial charge < -0.3 is 9.47 Å². The second-order valence-electron chi connectivity index (χ2n) is 9.46. The smallest absolute Gasteiger partial charge is 0.229 e. The van der Waals surface area contributed by atoms with E-state index in [0.717, 1.165) is 17.7 Å². The summed E-state index contributed by atoms with van der Waals surface area (Å²) in [4.78, 5) is 32.4. The topological polar surface area (TPSA) is 59.1 Å². The maximum Gasteiger partial charge on any atom is 0.229 e. The molecule has 0 aromatic heterocycles. The van der Waals surface area contributed by atoms with E-state index in [4.69, 9.17) is 9.47 Å². The van der Waals surface area contributed by atoms with Gasteiger partial charge in [-0.05, 0) is 17.5 Å². The molecule has 0 spiro atoms. The molecule has 0 bridgehead atoms. The van der Waals surface area contributed by atoms with E-state index in [0.29, 0.717) is 37.3 Å². The normalized spacial score (nSPS) is 20.4. The molecule has 182 valence electrons. The molecule has 36 heavy (non-hydrogen) atoms. The van der Waals surface area contributed by atoms with Crippen molar-refractivity contribution in [3.8, 4) is 0 Å². The first-order valence-corrected chi connectivity index (χ1v) is 12.4. The number of hydrogen-bond donors (Lipinski definition) is 0. The molecule has 1 fully saturated rings. The van der Waals surface area contributed by atoms with Crippen LogP contribution in [0.1, 0.15) is 31.8 Å². The molecule has 2 heterocycles. The molecule has 6 rings (SSSR count). The third-order valence-electron chi connectivity index (χ3n) is 7.59. The molecular formula is C30H28N2O4. The highest BCUT2D eigenvalue weighted by atomic mass is 16.7. The molecular weight excluding hydrogens is 452 g/mol. The van der Waals surface area contributed by atoms with E-state index in [9.17, 15) is 9.59 Å². The van der Waals surface area contributed by atoms with Gasteiger partial charge in [-0.3, -0.25) is 19.4 Å². The first kappa shape index (κ1) is 22.7. The van der Waals surface area contributed by atoms with Crippen LogP contribution < -0.4 is 0 Å². The van der Waals surface area contributed by atoms with Gasteiger partial charge in [0.2, 0.25) is 6.79 Å². The molecule has 3 aromatic carbocycles.